The summed E-state index contributed by atoms with van der Waals surface area (Å²) >= 11 is 0. The van der Waals surface area contributed by atoms with Crippen molar-refractivity contribution in [2.75, 3.05) is 13.1 Å². The van der Waals surface area contributed by atoms with Crippen LogP contribution in [0.1, 0.15) is 39.5 Å². The summed E-state index contributed by atoms with van der Waals surface area (Å²) in [6, 6.07) is 0.707. The van der Waals surface area contributed by atoms with E-state index in [1.54, 1.807) is 0 Å². The molecule has 2 heterocycles. The van der Waals surface area contributed by atoms with Crippen LogP contribution in [0.25, 0.3) is 0 Å². The minimum atomic E-state index is 0.411. The maximum Gasteiger partial charge on any atom is 0.0715 e. The van der Waals surface area contributed by atoms with Gasteiger partial charge in [0, 0.05) is 12.6 Å². The summed E-state index contributed by atoms with van der Waals surface area (Å²) in [7, 11) is 0. The Balaban J connectivity index is 2.12. The van der Waals surface area contributed by atoms with Crippen LogP contribution in [0, 0.1) is 0 Å². The van der Waals surface area contributed by atoms with Crippen molar-refractivity contribution >= 4 is 0 Å². The quantitative estimate of drug-likeness (QED) is 0.639. The smallest absolute Gasteiger partial charge is 0.0715 e. The highest BCUT2D eigenvalue weighted by Gasteiger charge is 2.43. The average molecular weight is 168 g/mol. The molecule has 2 saturated heterocycles. The van der Waals surface area contributed by atoms with Gasteiger partial charge in [0.15, 0.2) is 0 Å². The first-order valence-electron chi connectivity index (χ1n) is 5.26. The molecule has 2 heteroatoms. The summed E-state index contributed by atoms with van der Waals surface area (Å²) in [6.45, 7) is 7.15. The molecular weight excluding hydrogens is 148 g/mol. The van der Waals surface area contributed by atoms with Crippen molar-refractivity contribution < 1.29 is 0 Å². The first-order chi connectivity index (χ1) is 5.75. The minimum Gasteiger partial charge on any atom is -0.299 e. The fourth-order valence-electron chi connectivity index (χ4n) is 2.90. The zero-order valence-electron chi connectivity index (χ0n) is 8.27. The van der Waals surface area contributed by atoms with Crippen molar-refractivity contribution in [1.29, 1.82) is 0 Å². The van der Waals surface area contributed by atoms with Gasteiger partial charge in [-0.3, -0.25) is 10.2 Å². The lowest BCUT2D eigenvalue weighted by molar-refractivity contribution is 0.0874. The summed E-state index contributed by atoms with van der Waals surface area (Å²) in [4.78, 5) is 2.65. The van der Waals surface area contributed by atoms with Crippen molar-refractivity contribution in [2.45, 2.75) is 51.2 Å². The van der Waals surface area contributed by atoms with Crippen molar-refractivity contribution in [3.63, 3.8) is 0 Å². The molecule has 2 aliphatic heterocycles. The molecule has 70 valence electrons. The third-order valence-electron chi connectivity index (χ3n) is 3.38. The van der Waals surface area contributed by atoms with E-state index < -0.39 is 0 Å². The van der Waals surface area contributed by atoms with Gasteiger partial charge in [-0.15, -0.1) is 0 Å². The molecule has 0 aromatic heterocycles. The molecule has 0 bridgehead atoms. The van der Waals surface area contributed by atoms with Gasteiger partial charge in [-0.05, 0) is 46.1 Å². The zero-order valence-corrected chi connectivity index (χ0v) is 8.27. The predicted octanol–water partition coefficient (Wildman–Crippen LogP) is 1.57. The standard InChI is InChI=1S/C10H20N2/c1-9(2)12-8-4-6-10(12)5-3-7-11-10/h9,11H,3-8H2,1-2H3. The predicted molar refractivity (Wildman–Crippen MR) is 51.0 cm³/mol. The van der Waals surface area contributed by atoms with Crippen LogP contribution >= 0.6 is 0 Å². The van der Waals surface area contributed by atoms with Crippen LogP contribution < -0.4 is 5.32 Å². The van der Waals surface area contributed by atoms with Gasteiger partial charge < -0.3 is 0 Å². The molecule has 0 saturated carbocycles. The molecular formula is C10H20N2. The van der Waals surface area contributed by atoms with Crippen LogP contribution in [0.2, 0.25) is 0 Å². The van der Waals surface area contributed by atoms with Crippen molar-refractivity contribution in [1.82, 2.24) is 10.2 Å². The third kappa shape index (κ3) is 1.17. The molecule has 1 atom stereocenters. The van der Waals surface area contributed by atoms with Gasteiger partial charge in [0.25, 0.3) is 0 Å². The second kappa shape index (κ2) is 3.00. The largest absolute Gasteiger partial charge is 0.299 e. The molecule has 2 rings (SSSR count). The summed E-state index contributed by atoms with van der Waals surface area (Å²) in [6.07, 6.45) is 5.48. The Morgan fingerprint density at radius 3 is 2.58 bits per heavy atom. The van der Waals surface area contributed by atoms with E-state index in [4.69, 9.17) is 0 Å². The maximum atomic E-state index is 3.69. The van der Waals surface area contributed by atoms with Crippen LogP contribution in [0.4, 0.5) is 0 Å². The number of hydrogen-bond acceptors (Lipinski definition) is 2. The van der Waals surface area contributed by atoms with E-state index in [0.717, 1.165) is 0 Å². The zero-order chi connectivity index (χ0) is 8.60. The van der Waals surface area contributed by atoms with Gasteiger partial charge in [0.05, 0.1) is 5.66 Å². The van der Waals surface area contributed by atoms with Crippen LogP contribution in [-0.2, 0) is 0 Å². The number of nitrogens with zero attached hydrogens (tertiary/aromatic N) is 1. The van der Waals surface area contributed by atoms with Gasteiger partial charge in [-0.25, -0.2) is 0 Å². The van der Waals surface area contributed by atoms with Crippen molar-refractivity contribution in [3.05, 3.63) is 0 Å². The molecule has 2 fully saturated rings. The van der Waals surface area contributed by atoms with Crippen LogP contribution in [0.5, 0.6) is 0 Å². The number of nitrogens with one attached hydrogen (secondary N) is 1. The summed E-state index contributed by atoms with van der Waals surface area (Å²) in [5.74, 6) is 0. The molecule has 1 N–H and O–H groups in total. The fourth-order valence-corrected chi connectivity index (χ4v) is 2.90. The topological polar surface area (TPSA) is 15.3 Å². The Kier molecular flexibility index (Phi) is 2.13. The lowest BCUT2D eigenvalue weighted by Crippen LogP contribution is -2.53. The first-order valence-corrected chi connectivity index (χ1v) is 5.26. The summed E-state index contributed by atoms with van der Waals surface area (Å²) < 4.78 is 0. The van der Waals surface area contributed by atoms with E-state index in [0.29, 0.717) is 11.7 Å². The lowest BCUT2D eigenvalue weighted by Gasteiger charge is -2.38. The Morgan fingerprint density at radius 1 is 1.25 bits per heavy atom. The molecule has 1 unspecified atom stereocenters. The minimum absolute atomic E-state index is 0.411. The molecule has 0 radical (unpaired) electrons. The van der Waals surface area contributed by atoms with E-state index in [9.17, 15) is 0 Å². The lowest BCUT2D eigenvalue weighted by atomic mass is 10.0. The maximum absolute atomic E-state index is 3.69. The second-order valence-electron chi connectivity index (χ2n) is 4.45. The van der Waals surface area contributed by atoms with Crippen LogP contribution in [-0.4, -0.2) is 29.7 Å². The molecule has 2 aliphatic rings. The Labute approximate surface area is 75.3 Å². The van der Waals surface area contributed by atoms with Gasteiger partial charge in [-0.1, -0.05) is 0 Å². The van der Waals surface area contributed by atoms with E-state index in [-0.39, 0.29) is 0 Å². The van der Waals surface area contributed by atoms with E-state index >= 15 is 0 Å². The monoisotopic (exact) mass is 168 g/mol. The van der Waals surface area contributed by atoms with Crippen LogP contribution in [0.3, 0.4) is 0 Å². The van der Waals surface area contributed by atoms with Gasteiger partial charge in [0.1, 0.15) is 0 Å². The Hall–Kier alpha value is -0.0800. The van der Waals surface area contributed by atoms with Crippen molar-refractivity contribution in [3.8, 4) is 0 Å². The molecule has 0 aromatic carbocycles. The normalized spacial score (nSPS) is 37.2. The van der Waals surface area contributed by atoms with Gasteiger partial charge in [-0.2, -0.15) is 0 Å². The van der Waals surface area contributed by atoms with E-state index in [1.807, 2.05) is 0 Å². The molecule has 0 aromatic rings. The molecule has 0 amide bonds. The highest BCUT2D eigenvalue weighted by molar-refractivity contribution is 4.98. The number of hydrogen-bond donors (Lipinski definition) is 1. The SMILES string of the molecule is CC(C)N1CCCC12CCCN2. The van der Waals surface area contributed by atoms with Crippen LogP contribution in [0.15, 0.2) is 0 Å². The number of rotatable bonds is 1. The van der Waals surface area contributed by atoms with E-state index in [1.165, 1.54) is 38.8 Å². The highest BCUT2D eigenvalue weighted by Crippen LogP contribution is 2.35. The third-order valence-corrected chi connectivity index (χ3v) is 3.38. The molecule has 12 heavy (non-hydrogen) atoms. The first kappa shape index (κ1) is 8.52. The summed E-state index contributed by atoms with van der Waals surface area (Å²) in [5.41, 5.74) is 0.411. The average Bonchev–Trinajstić information content (AvgIpc) is 2.61. The van der Waals surface area contributed by atoms with Gasteiger partial charge in [0.2, 0.25) is 0 Å². The molecule has 0 aliphatic carbocycles. The fraction of sp³-hybridized carbons (Fsp3) is 1.00. The molecule has 1 spiro atoms. The van der Waals surface area contributed by atoms with Crippen molar-refractivity contribution in [2.24, 2.45) is 0 Å². The van der Waals surface area contributed by atoms with Gasteiger partial charge >= 0.3 is 0 Å². The molecule has 2 nitrogen and oxygen atoms in total. The van der Waals surface area contributed by atoms with E-state index in [2.05, 4.69) is 24.1 Å². The Bertz CT molecular complexity index is 154. The summed E-state index contributed by atoms with van der Waals surface area (Å²) in [5, 5.41) is 3.69. The second-order valence-corrected chi connectivity index (χ2v) is 4.45. The Morgan fingerprint density at radius 2 is 2.00 bits per heavy atom. The number of likely N-dealkylation sites (tertiary alicyclic amines) is 1. The highest BCUT2D eigenvalue weighted by atomic mass is 15.4.